The summed E-state index contributed by atoms with van der Waals surface area (Å²) in [6.45, 7) is 4.02. The maximum absolute atomic E-state index is 12.8. The van der Waals surface area contributed by atoms with Crippen molar-refractivity contribution in [2.75, 3.05) is 26.3 Å². The first-order chi connectivity index (χ1) is 13.6. The molecular weight excluding hydrogens is 354 g/mol. The maximum atomic E-state index is 12.8. The first kappa shape index (κ1) is 20.4. The van der Waals surface area contributed by atoms with Crippen LogP contribution in [0.1, 0.15) is 51.0 Å². The molecule has 28 heavy (non-hydrogen) atoms. The number of carbonyl (C=O) groups is 2. The van der Waals surface area contributed by atoms with Gasteiger partial charge in [0.2, 0.25) is 0 Å². The van der Waals surface area contributed by atoms with E-state index in [-0.39, 0.29) is 18.0 Å². The Kier molecular flexibility index (Phi) is 7.11. The molecule has 0 radical (unpaired) electrons. The fourth-order valence-corrected chi connectivity index (χ4v) is 4.04. The van der Waals surface area contributed by atoms with Crippen molar-refractivity contribution in [1.82, 2.24) is 4.90 Å². The first-order valence-corrected chi connectivity index (χ1v) is 10.3. The standard InChI is InChI=1S/C23H29NO4/c1-2-27-22(26)23(18-20-10-6-7-17-28-20)13-15-24(16-14-23)21(25)12-11-19-8-4-3-5-9-19/h3-5,8-9,20H,2,6-7,10,13-18H2,1H3/t20-/m0/s1. The lowest BCUT2D eigenvalue weighted by Gasteiger charge is -2.41. The third-order valence-electron chi connectivity index (χ3n) is 5.70. The molecule has 0 spiro atoms. The molecule has 0 aliphatic carbocycles. The lowest BCUT2D eigenvalue weighted by molar-refractivity contribution is -0.163. The minimum Gasteiger partial charge on any atom is -0.466 e. The van der Waals surface area contributed by atoms with Gasteiger partial charge >= 0.3 is 5.97 Å². The van der Waals surface area contributed by atoms with Gasteiger partial charge in [0.05, 0.1) is 18.1 Å². The lowest BCUT2D eigenvalue weighted by Crippen LogP contribution is -2.48. The molecule has 2 fully saturated rings. The van der Waals surface area contributed by atoms with Crippen LogP contribution in [0.5, 0.6) is 0 Å². The van der Waals surface area contributed by atoms with Gasteiger partial charge in [0.1, 0.15) is 0 Å². The average molecular weight is 383 g/mol. The Labute approximate surface area is 167 Å². The molecule has 1 amide bonds. The molecule has 2 aliphatic rings. The van der Waals surface area contributed by atoms with Crippen LogP contribution in [0.2, 0.25) is 0 Å². The normalized spacial score (nSPS) is 21.3. The van der Waals surface area contributed by atoms with Gasteiger partial charge in [-0.1, -0.05) is 24.1 Å². The van der Waals surface area contributed by atoms with E-state index in [1.807, 2.05) is 37.3 Å². The minimum absolute atomic E-state index is 0.110. The number of hydrogen-bond acceptors (Lipinski definition) is 4. The number of esters is 1. The predicted molar refractivity (Wildman–Crippen MR) is 106 cm³/mol. The summed E-state index contributed by atoms with van der Waals surface area (Å²) in [4.78, 5) is 27.0. The van der Waals surface area contributed by atoms with E-state index in [9.17, 15) is 9.59 Å². The third kappa shape index (κ3) is 5.14. The molecule has 150 valence electrons. The Morgan fingerprint density at radius 3 is 2.61 bits per heavy atom. The minimum atomic E-state index is -0.554. The van der Waals surface area contributed by atoms with Gasteiger partial charge in [-0.15, -0.1) is 0 Å². The number of likely N-dealkylation sites (tertiary alicyclic amines) is 1. The summed E-state index contributed by atoms with van der Waals surface area (Å²) in [6, 6.07) is 9.48. The number of hydrogen-bond donors (Lipinski definition) is 0. The molecular formula is C23H29NO4. The number of benzene rings is 1. The summed E-state index contributed by atoms with van der Waals surface area (Å²) in [5.74, 6) is 5.31. The fraction of sp³-hybridized carbons (Fsp3) is 0.565. The van der Waals surface area contributed by atoms with Gasteiger partial charge in [0.15, 0.2) is 0 Å². The van der Waals surface area contributed by atoms with Gasteiger partial charge in [-0.25, -0.2) is 0 Å². The molecule has 0 bridgehead atoms. The van der Waals surface area contributed by atoms with Crippen molar-refractivity contribution in [2.45, 2.75) is 51.6 Å². The van der Waals surface area contributed by atoms with Crippen LogP contribution in [0.25, 0.3) is 0 Å². The van der Waals surface area contributed by atoms with Crippen molar-refractivity contribution in [3.8, 4) is 11.8 Å². The Bertz CT molecular complexity index is 720. The second-order valence-corrected chi connectivity index (χ2v) is 7.60. The third-order valence-corrected chi connectivity index (χ3v) is 5.70. The zero-order valence-electron chi connectivity index (χ0n) is 16.6. The summed E-state index contributed by atoms with van der Waals surface area (Å²) in [5.41, 5.74) is 0.268. The Hall–Kier alpha value is -2.32. The van der Waals surface area contributed by atoms with Crippen LogP contribution in [-0.4, -0.2) is 49.2 Å². The van der Waals surface area contributed by atoms with Crippen molar-refractivity contribution in [1.29, 1.82) is 0 Å². The van der Waals surface area contributed by atoms with Gasteiger partial charge in [0, 0.05) is 31.2 Å². The number of piperidine rings is 1. The second kappa shape index (κ2) is 9.75. The highest BCUT2D eigenvalue weighted by molar-refractivity contribution is 5.94. The Balaban J connectivity index is 1.63. The summed E-state index contributed by atoms with van der Waals surface area (Å²) < 4.78 is 11.3. The van der Waals surface area contributed by atoms with Crippen LogP contribution in [0.15, 0.2) is 30.3 Å². The quantitative estimate of drug-likeness (QED) is 0.592. The van der Waals surface area contributed by atoms with E-state index in [0.29, 0.717) is 39.0 Å². The zero-order valence-corrected chi connectivity index (χ0v) is 16.6. The van der Waals surface area contributed by atoms with Crippen molar-refractivity contribution in [3.05, 3.63) is 35.9 Å². The molecule has 5 heteroatoms. The van der Waals surface area contributed by atoms with Crippen LogP contribution >= 0.6 is 0 Å². The van der Waals surface area contributed by atoms with E-state index >= 15 is 0 Å². The topological polar surface area (TPSA) is 55.8 Å². The summed E-state index contributed by atoms with van der Waals surface area (Å²) in [7, 11) is 0. The van der Waals surface area contributed by atoms with Gasteiger partial charge in [-0.2, -0.15) is 0 Å². The maximum Gasteiger partial charge on any atom is 0.312 e. The number of rotatable bonds is 4. The Morgan fingerprint density at radius 1 is 1.21 bits per heavy atom. The fourth-order valence-electron chi connectivity index (χ4n) is 4.04. The molecule has 3 rings (SSSR count). The molecule has 1 aromatic carbocycles. The van der Waals surface area contributed by atoms with Crippen LogP contribution in [0.4, 0.5) is 0 Å². The van der Waals surface area contributed by atoms with Crippen LogP contribution in [-0.2, 0) is 19.1 Å². The van der Waals surface area contributed by atoms with Crippen LogP contribution < -0.4 is 0 Å². The average Bonchev–Trinajstić information content (AvgIpc) is 2.74. The smallest absolute Gasteiger partial charge is 0.312 e. The Morgan fingerprint density at radius 2 is 1.96 bits per heavy atom. The zero-order chi connectivity index (χ0) is 19.8. The molecule has 0 unspecified atom stereocenters. The molecule has 0 aromatic heterocycles. The van der Waals surface area contributed by atoms with Gasteiger partial charge in [-0.05, 0) is 57.6 Å². The molecule has 1 aromatic rings. The van der Waals surface area contributed by atoms with Gasteiger partial charge in [-0.3, -0.25) is 9.59 Å². The molecule has 0 saturated carbocycles. The lowest BCUT2D eigenvalue weighted by atomic mass is 9.73. The molecule has 5 nitrogen and oxygen atoms in total. The summed E-state index contributed by atoms with van der Waals surface area (Å²) >= 11 is 0. The number of nitrogens with zero attached hydrogens (tertiary/aromatic N) is 1. The largest absolute Gasteiger partial charge is 0.466 e. The highest BCUT2D eigenvalue weighted by Crippen LogP contribution is 2.39. The number of carbonyl (C=O) groups excluding carboxylic acids is 2. The second-order valence-electron chi connectivity index (χ2n) is 7.60. The van der Waals surface area contributed by atoms with E-state index in [4.69, 9.17) is 9.47 Å². The number of amides is 1. The van der Waals surface area contributed by atoms with Crippen molar-refractivity contribution in [2.24, 2.45) is 5.41 Å². The summed E-state index contributed by atoms with van der Waals surface area (Å²) in [6.07, 6.45) is 5.22. The van der Waals surface area contributed by atoms with E-state index in [0.717, 1.165) is 31.4 Å². The highest BCUT2D eigenvalue weighted by atomic mass is 16.5. The van der Waals surface area contributed by atoms with Gasteiger partial charge in [0.25, 0.3) is 5.91 Å². The predicted octanol–water partition coefficient (Wildman–Crippen LogP) is 3.17. The SMILES string of the molecule is CCOC(=O)C1(C[C@@H]2CCCCO2)CCN(C(=O)C#Cc2ccccc2)CC1. The van der Waals surface area contributed by atoms with E-state index < -0.39 is 5.41 Å². The van der Waals surface area contributed by atoms with E-state index in [2.05, 4.69) is 11.8 Å². The van der Waals surface area contributed by atoms with E-state index in [1.54, 1.807) is 4.90 Å². The molecule has 1 atom stereocenters. The van der Waals surface area contributed by atoms with Crippen molar-refractivity contribution < 1.29 is 19.1 Å². The van der Waals surface area contributed by atoms with Crippen LogP contribution in [0.3, 0.4) is 0 Å². The summed E-state index contributed by atoms with van der Waals surface area (Å²) in [5, 5.41) is 0. The van der Waals surface area contributed by atoms with E-state index in [1.165, 1.54) is 0 Å². The molecule has 0 N–H and O–H groups in total. The number of ether oxygens (including phenoxy) is 2. The van der Waals surface area contributed by atoms with Gasteiger partial charge < -0.3 is 14.4 Å². The molecule has 2 aliphatic heterocycles. The van der Waals surface area contributed by atoms with Crippen LogP contribution in [0, 0.1) is 17.3 Å². The molecule has 2 heterocycles. The highest BCUT2D eigenvalue weighted by Gasteiger charge is 2.45. The molecule has 2 saturated heterocycles. The van der Waals surface area contributed by atoms with Crippen molar-refractivity contribution >= 4 is 11.9 Å². The van der Waals surface area contributed by atoms with Crippen molar-refractivity contribution in [3.63, 3.8) is 0 Å². The first-order valence-electron chi connectivity index (χ1n) is 10.3. The monoisotopic (exact) mass is 383 g/mol.